The van der Waals surface area contributed by atoms with Crippen molar-refractivity contribution in [2.75, 3.05) is 45.1 Å². The van der Waals surface area contributed by atoms with Gasteiger partial charge in [-0.15, -0.1) is 0 Å². The van der Waals surface area contributed by atoms with Crippen molar-refractivity contribution in [2.24, 2.45) is 0 Å². The smallest absolute Gasteiger partial charge is 0.311 e. The van der Waals surface area contributed by atoms with Crippen LogP contribution in [0.15, 0.2) is 12.1 Å². The third kappa shape index (κ3) is 4.10. The van der Waals surface area contributed by atoms with Crippen molar-refractivity contribution in [3.05, 3.63) is 27.9 Å². The summed E-state index contributed by atoms with van der Waals surface area (Å²) in [5.74, 6) is 0.403. The van der Waals surface area contributed by atoms with Gasteiger partial charge >= 0.3 is 5.69 Å². The zero-order valence-corrected chi connectivity index (χ0v) is 15.3. The molecule has 1 aromatic heterocycles. The molecular formula is C18H29N5O2. The van der Waals surface area contributed by atoms with Gasteiger partial charge in [-0.3, -0.25) is 15.0 Å². The second kappa shape index (κ2) is 7.66. The second-order valence-electron chi connectivity index (χ2n) is 7.51. The fraction of sp³-hybridized carbons (Fsp3) is 0.722. The van der Waals surface area contributed by atoms with Gasteiger partial charge in [-0.1, -0.05) is 6.42 Å². The molecule has 0 unspecified atom stereocenters. The first kappa shape index (κ1) is 18.1. The van der Waals surface area contributed by atoms with E-state index in [1.807, 2.05) is 6.92 Å². The zero-order valence-electron chi connectivity index (χ0n) is 15.3. The minimum absolute atomic E-state index is 0.0623. The highest BCUT2D eigenvalue weighted by molar-refractivity contribution is 5.56. The highest BCUT2D eigenvalue weighted by Crippen LogP contribution is 2.32. The Kier molecular flexibility index (Phi) is 5.54. The highest BCUT2D eigenvalue weighted by atomic mass is 16.6. The number of rotatable bonds is 5. The van der Waals surface area contributed by atoms with Crippen LogP contribution in [0.1, 0.15) is 37.8 Å². The number of aryl methyl sites for hydroxylation is 1. The standard InChI is InChI=1S/C18H29N5O2/c1-15-6-7-16(23(24)25)17(20-15)19-14-18(8-12-21(2)13-9-18)22-10-4-3-5-11-22/h6-7H,3-5,8-14H2,1-2H3,(H,19,20). The first-order chi connectivity index (χ1) is 12.0. The minimum Gasteiger partial charge on any atom is -0.362 e. The van der Waals surface area contributed by atoms with Crippen molar-refractivity contribution < 1.29 is 4.92 Å². The molecule has 3 heterocycles. The molecular weight excluding hydrogens is 318 g/mol. The van der Waals surface area contributed by atoms with E-state index < -0.39 is 0 Å². The van der Waals surface area contributed by atoms with Gasteiger partial charge in [-0.25, -0.2) is 4.98 Å². The summed E-state index contributed by atoms with van der Waals surface area (Å²) in [5, 5.41) is 14.7. The number of aromatic nitrogens is 1. The van der Waals surface area contributed by atoms with E-state index in [-0.39, 0.29) is 16.1 Å². The average Bonchev–Trinajstić information content (AvgIpc) is 2.62. The molecule has 3 rings (SSSR count). The lowest BCUT2D eigenvalue weighted by Crippen LogP contribution is -2.59. The summed E-state index contributed by atoms with van der Waals surface area (Å²) in [7, 11) is 2.17. The Morgan fingerprint density at radius 1 is 1.20 bits per heavy atom. The molecule has 0 aliphatic carbocycles. The van der Waals surface area contributed by atoms with Crippen LogP contribution in [-0.4, -0.2) is 65.0 Å². The number of pyridine rings is 1. The summed E-state index contributed by atoms with van der Waals surface area (Å²) in [5.41, 5.74) is 0.933. The lowest BCUT2D eigenvalue weighted by Gasteiger charge is -2.50. The van der Waals surface area contributed by atoms with E-state index in [1.54, 1.807) is 12.1 Å². The fourth-order valence-electron chi connectivity index (χ4n) is 4.08. The molecule has 2 aliphatic rings. The molecule has 0 saturated carbocycles. The van der Waals surface area contributed by atoms with Crippen LogP contribution in [0.5, 0.6) is 0 Å². The van der Waals surface area contributed by atoms with Crippen LogP contribution < -0.4 is 5.32 Å². The lowest BCUT2D eigenvalue weighted by atomic mass is 9.84. The third-order valence-corrected chi connectivity index (χ3v) is 5.74. The Morgan fingerprint density at radius 3 is 2.52 bits per heavy atom. The van der Waals surface area contributed by atoms with Crippen molar-refractivity contribution in [3.8, 4) is 0 Å². The van der Waals surface area contributed by atoms with Gasteiger partial charge in [0.05, 0.1) is 4.92 Å². The monoisotopic (exact) mass is 347 g/mol. The summed E-state index contributed by atoms with van der Waals surface area (Å²) >= 11 is 0. The van der Waals surface area contributed by atoms with Crippen molar-refractivity contribution in [1.82, 2.24) is 14.8 Å². The molecule has 2 fully saturated rings. The minimum atomic E-state index is -0.350. The molecule has 0 bridgehead atoms. The molecule has 2 aliphatic heterocycles. The molecule has 1 N–H and O–H groups in total. The molecule has 25 heavy (non-hydrogen) atoms. The van der Waals surface area contributed by atoms with Gasteiger partial charge in [0.25, 0.3) is 0 Å². The number of piperidine rings is 2. The molecule has 0 radical (unpaired) electrons. The summed E-state index contributed by atoms with van der Waals surface area (Å²) in [6.07, 6.45) is 6.00. The van der Waals surface area contributed by atoms with Crippen LogP contribution in [0, 0.1) is 17.0 Å². The van der Waals surface area contributed by atoms with Crippen LogP contribution in [-0.2, 0) is 0 Å². The van der Waals surface area contributed by atoms with E-state index in [1.165, 1.54) is 19.3 Å². The molecule has 2 saturated heterocycles. The van der Waals surface area contributed by atoms with E-state index >= 15 is 0 Å². The van der Waals surface area contributed by atoms with Crippen LogP contribution >= 0.6 is 0 Å². The predicted molar refractivity (Wildman–Crippen MR) is 99.0 cm³/mol. The number of nitro groups is 1. The Morgan fingerprint density at radius 2 is 1.88 bits per heavy atom. The van der Waals surface area contributed by atoms with Gasteiger partial charge in [-0.05, 0) is 71.9 Å². The lowest BCUT2D eigenvalue weighted by molar-refractivity contribution is -0.384. The van der Waals surface area contributed by atoms with Gasteiger partial charge in [0.15, 0.2) is 0 Å². The maximum Gasteiger partial charge on any atom is 0.311 e. The van der Waals surface area contributed by atoms with E-state index in [4.69, 9.17) is 0 Å². The fourth-order valence-corrected chi connectivity index (χ4v) is 4.08. The van der Waals surface area contributed by atoms with Gasteiger partial charge in [0, 0.05) is 23.8 Å². The van der Waals surface area contributed by atoms with E-state index in [0.717, 1.165) is 51.3 Å². The summed E-state index contributed by atoms with van der Waals surface area (Å²) < 4.78 is 0. The number of hydrogen-bond acceptors (Lipinski definition) is 6. The number of nitrogens with zero attached hydrogens (tertiary/aromatic N) is 4. The van der Waals surface area contributed by atoms with Crippen LogP contribution in [0.3, 0.4) is 0 Å². The summed E-state index contributed by atoms with van der Waals surface area (Å²) in [6, 6.07) is 3.24. The normalized spacial score (nSPS) is 21.8. The molecule has 0 aromatic carbocycles. The topological polar surface area (TPSA) is 74.5 Å². The molecule has 0 atom stereocenters. The average molecular weight is 347 g/mol. The van der Waals surface area contributed by atoms with Crippen molar-refractivity contribution in [2.45, 2.75) is 44.6 Å². The number of hydrogen-bond donors (Lipinski definition) is 1. The second-order valence-corrected chi connectivity index (χ2v) is 7.51. The molecule has 138 valence electrons. The van der Waals surface area contributed by atoms with E-state index in [2.05, 4.69) is 27.1 Å². The van der Waals surface area contributed by atoms with Gasteiger partial charge in [0.1, 0.15) is 0 Å². The maximum absolute atomic E-state index is 11.3. The molecule has 7 heteroatoms. The van der Waals surface area contributed by atoms with Crippen LogP contribution in [0.2, 0.25) is 0 Å². The van der Waals surface area contributed by atoms with Crippen LogP contribution in [0.4, 0.5) is 11.5 Å². The molecule has 7 nitrogen and oxygen atoms in total. The Balaban J connectivity index is 1.79. The largest absolute Gasteiger partial charge is 0.362 e. The Bertz CT molecular complexity index is 607. The van der Waals surface area contributed by atoms with E-state index in [0.29, 0.717) is 5.82 Å². The molecule has 0 amide bonds. The first-order valence-corrected chi connectivity index (χ1v) is 9.30. The quantitative estimate of drug-likeness (QED) is 0.652. The Hall–Kier alpha value is -1.73. The SMILES string of the molecule is Cc1ccc([N+](=O)[O-])c(NCC2(N3CCCCC3)CCN(C)CC2)n1. The highest BCUT2D eigenvalue weighted by Gasteiger charge is 2.39. The Labute approximate surface area is 149 Å². The van der Waals surface area contributed by atoms with Crippen molar-refractivity contribution >= 4 is 11.5 Å². The van der Waals surface area contributed by atoms with Crippen molar-refractivity contribution in [3.63, 3.8) is 0 Å². The third-order valence-electron chi connectivity index (χ3n) is 5.74. The summed E-state index contributed by atoms with van der Waals surface area (Å²) in [4.78, 5) is 20.3. The molecule has 1 aromatic rings. The van der Waals surface area contributed by atoms with Gasteiger partial charge in [0.2, 0.25) is 5.82 Å². The number of likely N-dealkylation sites (tertiary alicyclic amines) is 2. The van der Waals surface area contributed by atoms with Gasteiger partial charge < -0.3 is 10.2 Å². The van der Waals surface area contributed by atoms with Crippen LogP contribution in [0.25, 0.3) is 0 Å². The first-order valence-electron chi connectivity index (χ1n) is 9.30. The predicted octanol–water partition coefficient (Wildman–Crippen LogP) is 2.66. The summed E-state index contributed by atoms with van der Waals surface area (Å²) in [6.45, 7) is 7.00. The van der Waals surface area contributed by atoms with Gasteiger partial charge in [-0.2, -0.15) is 0 Å². The number of nitrogens with one attached hydrogen (secondary N) is 1. The maximum atomic E-state index is 11.3. The van der Waals surface area contributed by atoms with E-state index in [9.17, 15) is 10.1 Å². The number of anilines is 1. The molecule has 0 spiro atoms. The zero-order chi connectivity index (χ0) is 17.9. The van der Waals surface area contributed by atoms with Crippen molar-refractivity contribution in [1.29, 1.82) is 0 Å².